The molecule has 0 aromatic carbocycles. The zero-order chi connectivity index (χ0) is 15.6. The Morgan fingerprint density at radius 1 is 1.24 bits per heavy atom. The van der Waals surface area contributed by atoms with Gasteiger partial charge in [0.1, 0.15) is 0 Å². The van der Waals surface area contributed by atoms with Crippen LogP contribution in [0.3, 0.4) is 0 Å². The van der Waals surface area contributed by atoms with Crippen LogP contribution in [0.25, 0.3) is 0 Å². The smallest absolute Gasteiger partial charge is 0.328 e. The van der Waals surface area contributed by atoms with Gasteiger partial charge in [0.05, 0.1) is 6.10 Å². The normalized spacial score (nSPS) is 32.0. The largest absolute Gasteiger partial charge is 0.480 e. The van der Waals surface area contributed by atoms with Crippen LogP contribution in [0.1, 0.15) is 39.0 Å². The number of carbonyl (C=O) groups is 2. The van der Waals surface area contributed by atoms with Crippen molar-refractivity contribution in [1.82, 2.24) is 15.5 Å². The van der Waals surface area contributed by atoms with Crippen molar-refractivity contribution in [3.63, 3.8) is 0 Å². The number of carboxylic acids is 1. The Balaban J connectivity index is 1.87. The number of nitrogens with zero attached hydrogens (tertiary/aromatic N) is 1. The Labute approximate surface area is 124 Å². The number of carbonyl (C=O) groups excluding carboxylic acids is 1. The van der Waals surface area contributed by atoms with Crippen molar-refractivity contribution in [3.8, 4) is 0 Å². The predicted molar refractivity (Wildman–Crippen MR) is 77.0 cm³/mol. The van der Waals surface area contributed by atoms with Gasteiger partial charge in [-0.1, -0.05) is 6.42 Å². The van der Waals surface area contributed by atoms with Crippen LogP contribution in [-0.4, -0.2) is 64.4 Å². The number of fused-ring (bicyclic) bond motifs is 2. The van der Waals surface area contributed by atoms with Crippen molar-refractivity contribution in [3.05, 3.63) is 0 Å². The van der Waals surface area contributed by atoms with Crippen molar-refractivity contribution < 1.29 is 19.8 Å². The summed E-state index contributed by atoms with van der Waals surface area (Å²) in [5.41, 5.74) is 0. The van der Waals surface area contributed by atoms with Crippen LogP contribution in [0.5, 0.6) is 0 Å². The fraction of sp³-hybridized carbons (Fsp3) is 0.857. The summed E-state index contributed by atoms with van der Waals surface area (Å²) < 4.78 is 0. The van der Waals surface area contributed by atoms with Gasteiger partial charge in [-0.05, 0) is 39.7 Å². The molecule has 0 aliphatic carbocycles. The molecule has 0 radical (unpaired) electrons. The third-order valence-electron chi connectivity index (χ3n) is 4.71. The minimum Gasteiger partial charge on any atom is -0.480 e. The van der Waals surface area contributed by atoms with E-state index in [2.05, 4.69) is 22.6 Å². The number of nitrogens with one attached hydrogen (secondary N) is 2. The lowest BCUT2D eigenvalue weighted by atomic mass is 9.82. The molecule has 2 unspecified atom stereocenters. The van der Waals surface area contributed by atoms with Gasteiger partial charge in [0.2, 0.25) is 0 Å². The Hall–Kier alpha value is -1.34. The van der Waals surface area contributed by atoms with E-state index in [1.807, 2.05) is 0 Å². The molecule has 0 saturated carbocycles. The fourth-order valence-corrected chi connectivity index (χ4v) is 3.49. The summed E-state index contributed by atoms with van der Waals surface area (Å²) in [6, 6.07) is -0.740. The molecular weight excluding hydrogens is 274 g/mol. The monoisotopic (exact) mass is 299 g/mol. The summed E-state index contributed by atoms with van der Waals surface area (Å²) in [6.07, 6.45) is 4.20. The van der Waals surface area contributed by atoms with E-state index in [1.165, 1.54) is 13.3 Å². The predicted octanol–water partition coefficient (Wildman–Crippen LogP) is 0.135. The number of aliphatic carboxylic acids is 1. The van der Waals surface area contributed by atoms with Crippen molar-refractivity contribution >= 4 is 12.0 Å². The summed E-state index contributed by atoms with van der Waals surface area (Å²) in [5, 5.41) is 23.5. The Morgan fingerprint density at radius 3 is 2.29 bits per heavy atom. The van der Waals surface area contributed by atoms with E-state index in [9.17, 15) is 14.7 Å². The number of aliphatic hydroxyl groups excluding tert-OH is 1. The highest BCUT2D eigenvalue weighted by Gasteiger charge is 2.36. The van der Waals surface area contributed by atoms with E-state index in [-0.39, 0.29) is 6.04 Å². The fourth-order valence-electron chi connectivity index (χ4n) is 3.49. The van der Waals surface area contributed by atoms with Crippen LogP contribution in [0, 0.1) is 0 Å². The summed E-state index contributed by atoms with van der Waals surface area (Å²) in [5.74, 6) is -1.24. The van der Waals surface area contributed by atoms with E-state index in [0.717, 1.165) is 25.7 Å². The molecule has 2 bridgehead atoms. The highest BCUT2D eigenvalue weighted by molar-refractivity contribution is 5.83. The maximum absolute atomic E-state index is 11.9. The Bertz CT molecular complexity index is 388. The lowest BCUT2D eigenvalue weighted by Crippen LogP contribution is -2.58. The van der Waals surface area contributed by atoms with Crippen LogP contribution in [-0.2, 0) is 4.79 Å². The van der Waals surface area contributed by atoms with Crippen molar-refractivity contribution in [2.75, 3.05) is 7.05 Å². The second kappa shape index (κ2) is 6.62. The number of rotatable bonds is 4. The second-order valence-electron chi connectivity index (χ2n) is 6.25. The highest BCUT2D eigenvalue weighted by atomic mass is 16.4. The molecule has 21 heavy (non-hydrogen) atoms. The zero-order valence-corrected chi connectivity index (χ0v) is 12.6. The van der Waals surface area contributed by atoms with E-state index in [0.29, 0.717) is 12.1 Å². The molecule has 4 atom stereocenters. The van der Waals surface area contributed by atoms with Gasteiger partial charge in [0.25, 0.3) is 0 Å². The first-order valence-electron chi connectivity index (χ1n) is 7.58. The summed E-state index contributed by atoms with van der Waals surface area (Å²) in [6.45, 7) is 1.35. The molecule has 4 N–H and O–H groups in total. The van der Waals surface area contributed by atoms with Gasteiger partial charge in [-0.3, -0.25) is 0 Å². The van der Waals surface area contributed by atoms with Gasteiger partial charge in [-0.15, -0.1) is 0 Å². The number of urea groups is 1. The molecule has 2 heterocycles. The zero-order valence-electron chi connectivity index (χ0n) is 12.6. The van der Waals surface area contributed by atoms with E-state index in [4.69, 9.17) is 5.11 Å². The SMILES string of the molecule is C[C@@H](O)[C@H](NC(=O)NC1CC2CCCC(C1)N2C)C(=O)O. The maximum Gasteiger partial charge on any atom is 0.328 e. The molecule has 0 spiro atoms. The molecule has 0 aromatic heterocycles. The van der Waals surface area contributed by atoms with Crippen LogP contribution in [0.15, 0.2) is 0 Å². The summed E-state index contributed by atoms with van der Waals surface area (Å²) >= 11 is 0. The molecule has 120 valence electrons. The minimum absolute atomic E-state index is 0.0694. The average Bonchev–Trinajstić information content (AvgIpc) is 2.36. The lowest BCUT2D eigenvalue weighted by Gasteiger charge is -2.47. The molecule has 7 heteroatoms. The number of carboxylic acid groups (broad SMARTS) is 1. The number of amides is 2. The van der Waals surface area contributed by atoms with Crippen molar-refractivity contribution in [2.24, 2.45) is 0 Å². The third kappa shape index (κ3) is 3.85. The maximum atomic E-state index is 11.9. The lowest BCUT2D eigenvalue weighted by molar-refractivity contribution is -0.141. The van der Waals surface area contributed by atoms with Gasteiger partial charge in [0.15, 0.2) is 6.04 Å². The van der Waals surface area contributed by atoms with E-state index < -0.39 is 24.1 Å². The number of piperidine rings is 2. The molecule has 2 saturated heterocycles. The van der Waals surface area contributed by atoms with Gasteiger partial charge in [-0.2, -0.15) is 0 Å². The van der Waals surface area contributed by atoms with Crippen LogP contribution >= 0.6 is 0 Å². The minimum atomic E-state index is -1.28. The first-order chi connectivity index (χ1) is 9.88. The van der Waals surface area contributed by atoms with Crippen molar-refractivity contribution in [2.45, 2.75) is 69.3 Å². The van der Waals surface area contributed by atoms with Gasteiger partial charge in [0, 0.05) is 18.1 Å². The average molecular weight is 299 g/mol. The summed E-state index contributed by atoms with van der Waals surface area (Å²) in [7, 11) is 2.14. The van der Waals surface area contributed by atoms with E-state index in [1.54, 1.807) is 0 Å². The molecule has 2 aliphatic rings. The Kier molecular flexibility index (Phi) is 5.05. The second-order valence-corrected chi connectivity index (χ2v) is 6.25. The topological polar surface area (TPSA) is 102 Å². The first kappa shape index (κ1) is 16.0. The standard InChI is InChI=1S/C14H25N3O4/c1-8(18)12(13(19)20)16-14(21)15-9-6-10-4-3-5-11(7-9)17(10)2/h8-12,18H,3-7H2,1-2H3,(H,19,20)(H2,15,16,21)/t8-,9?,10?,11?,12+/m1/s1. The molecular formula is C14H25N3O4. The third-order valence-corrected chi connectivity index (χ3v) is 4.71. The van der Waals surface area contributed by atoms with Crippen LogP contribution in [0.4, 0.5) is 4.79 Å². The van der Waals surface area contributed by atoms with Gasteiger partial charge in [-0.25, -0.2) is 9.59 Å². The summed E-state index contributed by atoms with van der Waals surface area (Å²) in [4.78, 5) is 25.3. The molecule has 2 amide bonds. The Morgan fingerprint density at radius 2 is 1.81 bits per heavy atom. The molecule has 2 fully saturated rings. The molecule has 0 aromatic rings. The quantitative estimate of drug-likeness (QED) is 0.591. The molecule has 7 nitrogen and oxygen atoms in total. The number of hydrogen-bond acceptors (Lipinski definition) is 4. The van der Waals surface area contributed by atoms with Crippen LogP contribution in [0.2, 0.25) is 0 Å². The van der Waals surface area contributed by atoms with Gasteiger partial charge < -0.3 is 25.7 Å². The van der Waals surface area contributed by atoms with E-state index >= 15 is 0 Å². The molecule has 2 rings (SSSR count). The van der Waals surface area contributed by atoms with Crippen molar-refractivity contribution in [1.29, 1.82) is 0 Å². The number of hydrogen-bond donors (Lipinski definition) is 4. The molecule has 2 aliphatic heterocycles. The van der Waals surface area contributed by atoms with Crippen LogP contribution < -0.4 is 10.6 Å². The first-order valence-corrected chi connectivity index (χ1v) is 7.58. The van der Waals surface area contributed by atoms with Gasteiger partial charge >= 0.3 is 12.0 Å². The number of aliphatic hydroxyl groups is 1. The highest BCUT2D eigenvalue weighted by Crippen LogP contribution is 2.32.